The molecule has 0 fully saturated rings. The van der Waals surface area contributed by atoms with E-state index in [1.807, 2.05) is 48.5 Å². The van der Waals surface area contributed by atoms with Gasteiger partial charge in [0.1, 0.15) is 11.5 Å². The Kier molecular flexibility index (Phi) is 14.4. The monoisotopic (exact) mass is 512 g/mol. The topological polar surface area (TPSA) is 95.8 Å². The number of ether oxygens (including phenoxy) is 4. The molecule has 0 N–H and O–H groups in total. The lowest BCUT2D eigenvalue weighted by Crippen LogP contribution is -2.28. The minimum absolute atomic E-state index is 0.241. The quantitative estimate of drug-likeness (QED) is 0.0896. The third kappa shape index (κ3) is 11.9. The zero-order chi connectivity index (χ0) is 26.7. The van der Waals surface area contributed by atoms with Gasteiger partial charge in [-0.1, -0.05) is 32.6 Å². The lowest BCUT2D eigenvalue weighted by Gasteiger charge is -2.14. The number of hydrogen-bond donors (Lipinski definition) is 0. The van der Waals surface area contributed by atoms with Crippen LogP contribution in [0.15, 0.2) is 58.8 Å². The van der Waals surface area contributed by atoms with Crippen molar-refractivity contribution in [2.45, 2.75) is 65.7 Å². The molecule has 0 saturated heterocycles. The molecule has 0 saturated carbocycles. The van der Waals surface area contributed by atoms with Gasteiger partial charge in [-0.05, 0) is 81.6 Å². The van der Waals surface area contributed by atoms with E-state index in [0.29, 0.717) is 19.4 Å². The molecule has 37 heavy (non-hydrogen) atoms. The minimum atomic E-state index is -0.857. The molecule has 202 valence electrons. The Balaban J connectivity index is 1.69. The summed E-state index contributed by atoms with van der Waals surface area (Å²) in [5, 5.41) is 8.56. The largest absolute Gasteiger partial charge is 0.494 e. The molecule has 2 rings (SSSR count). The van der Waals surface area contributed by atoms with E-state index in [-0.39, 0.29) is 13.2 Å². The zero-order valence-electron chi connectivity index (χ0n) is 22.3. The van der Waals surface area contributed by atoms with Crippen molar-refractivity contribution in [3.63, 3.8) is 0 Å². The maximum Gasteiger partial charge on any atom is 0.320 e. The van der Waals surface area contributed by atoms with Crippen molar-refractivity contribution in [3.05, 3.63) is 48.5 Å². The number of azo groups is 1. The predicted molar refractivity (Wildman–Crippen MR) is 143 cm³/mol. The molecule has 0 spiro atoms. The van der Waals surface area contributed by atoms with Gasteiger partial charge in [-0.25, -0.2) is 0 Å². The highest BCUT2D eigenvalue weighted by Crippen LogP contribution is 2.23. The molecular formula is C29H40N2O6. The molecule has 0 radical (unpaired) electrons. The molecule has 0 aliphatic carbocycles. The second-order valence-electron chi connectivity index (χ2n) is 8.50. The summed E-state index contributed by atoms with van der Waals surface area (Å²) < 4.78 is 21.5. The summed E-state index contributed by atoms with van der Waals surface area (Å²) in [6.07, 6.45) is 6.15. The Morgan fingerprint density at radius 2 is 1.11 bits per heavy atom. The van der Waals surface area contributed by atoms with Gasteiger partial charge >= 0.3 is 11.9 Å². The van der Waals surface area contributed by atoms with Crippen LogP contribution in [-0.4, -0.2) is 38.4 Å². The maximum absolute atomic E-state index is 12.0. The summed E-state index contributed by atoms with van der Waals surface area (Å²) >= 11 is 0. The fraction of sp³-hybridized carbons (Fsp3) is 0.517. The molecule has 0 aliphatic rings. The second-order valence-corrected chi connectivity index (χ2v) is 8.50. The van der Waals surface area contributed by atoms with Crippen LogP contribution < -0.4 is 9.47 Å². The van der Waals surface area contributed by atoms with Crippen LogP contribution in [0.4, 0.5) is 11.4 Å². The number of hydrogen-bond acceptors (Lipinski definition) is 8. The van der Waals surface area contributed by atoms with E-state index in [4.69, 9.17) is 18.9 Å². The van der Waals surface area contributed by atoms with Gasteiger partial charge in [0, 0.05) is 0 Å². The van der Waals surface area contributed by atoms with E-state index in [2.05, 4.69) is 17.2 Å². The van der Waals surface area contributed by atoms with E-state index in [9.17, 15) is 9.59 Å². The molecule has 8 nitrogen and oxygen atoms in total. The first kappa shape index (κ1) is 29.8. The number of carbonyl (C=O) groups excluding carboxylic acids is 2. The number of carbonyl (C=O) groups is 2. The van der Waals surface area contributed by atoms with Crippen LogP contribution in [-0.2, 0) is 19.1 Å². The van der Waals surface area contributed by atoms with Gasteiger partial charge in [0.25, 0.3) is 0 Å². The first-order valence-electron chi connectivity index (χ1n) is 13.3. The molecule has 8 heteroatoms. The van der Waals surface area contributed by atoms with Crippen molar-refractivity contribution in [2.24, 2.45) is 16.1 Å². The Morgan fingerprint density at radius 3 is 1.54 bits per heavy atom. The summed E-state index contributed by atoms with van der Waals surface area (Å²) in [4.78, 5) is 24.0. The van der Waals surface area contributed by atoms with Gasteiger partial charge in [0.15, 0.2) is 5.92 Å². The highest BCUT2D eigenvalue weighted by molar-refractivity contribution is 5.94. The van der Waals surface area contributed by atoms with Crippen molar-refractivity contribution in [3.8, 4) is 11.5 Å². The van der Waals surface area contributed by atoms with Gasteiger partial charge in [0.2, 0.25) is 0 Å². The SMILES string of the molecule is CCCCCOc1ccc(N=Nc2ccc(OCCCCCC(C(=O)OCC)C(=O)OCC)cc2)cc1. The van der Waals surface area contributed by atoms with Gasteiger partial charge in [0.05, 0.1) is 37.8 Å². The number of esters is 2. The number of unbranched alkanes of at least 4 members (excludes halogenated alkanes) is 4. The zero-order valence-corrected chi connectivity index (χ0v) is 22.3. The summed E-state index contributed by atoms with van der Waals surface area (Å²) in [5.74, 6) is -0.297. The molecule has 0 amide bonds. The van der Waals surface area contributed by atoms with Crippen LogP contribution in [0.25, 0.3) is 0 Å². The molecule has 2 aromatic carbocycles. The first-order valence-corrected chi connectivity index (χ1v) is 13.3. The van der Waals surface area contributed by atoms with Crippen molar-refractivity contribution >= 4 is 23.3 Å². The Bertz CT molecular complexity index is 926. The lowest BCUT2D eigenvalue weighted by molar-refractivity contribution is -0.161. The van der Waals surface area contributed by atoms with Crippen LogP contribution >= 0.6 is 0 Å². The molecule has 0 unspecified atom stereocenters. The standard InChI is InChI=1S/C29H40N2O6/c1-4-7-10-21-36-25-17-13-23(14-18-25)30-31-24-15-19-26(20-16-24)37-22-11-8-9-12-27(28(32)34-5-2)29(33)35-6-3/h13-20,27H,4-12,21-22H2,1-3H3. The van der Waals surface area contributed by atoms with E-state index in [1.54, 1.807) is 13.8 Å². The molecule has 0 heterocycles. The summed E-state index contributed by atoms with van der Waals surface area (Å²) in [6, 6.07) is 15.0. The Morgan fingerprint density at radius 1 is 0.649 bits per heavy atom. The summed E-state index contributed by atoms with van der Waals surface area (Å²) in [5.41, 5.74) is 1.49. The van der Waals surface area contributed by atoms with E-state index in [1.165, 1.54) is 12.8 Å². The van der Waals surface area contributed by atoms with Crippen LogP contribution in [0, 0.1) is 5.92 Å². The van der Waals surface area contributed by atoms with Gasteiger partial charge < -0.3 is 18.9 Å². The maximum atomic E-state index is 12.0. The number of benzene rings is 2. The molecular weight excluding hydrogens is 472 g/mol. The third-order valence-corrected chi connectivity index (χ3v) is 5.52. The lowest BCUT2D eigenvalue weighted by atomic mass is 10.0. The fourth-order valence-electron chi connectivity index (χ4n) is 3.51. The van der Waals surface area contributed by atoms with E-state index < -0.39 is 17.9 Å². The predicted octanol–water partition coefficient (Wildman–Crippen LogP) is 7.35. The molecule has 0 aliphatic heterocycles. The summed E-state index contributed by atoms with van der Waals surface area (Å²) in [7, 11) is 0. The van der Waals surface area contributed by atoms with Gasteiger partial charge in [-0.15, -0.1) is 0 Å². The number of rotatable bonds is 18. The van der Waals surface area contributed by atoms with Gasteiger partial charge in [-0.2, -0.15) is 10.2 Å². The van der Waals surface area contributed by atoms with Crippen molar-refractivity contribution in [1.82, 2.24) is 0 Å². The summed E-state index contributed by atoms with van der Waals surface area (Å²) in [6.45, 7) is 7.36. The van der Waals surface area contributed by atoms with Crippen molar-refractivity contribution in [2.75, 3.05) is 26.4 Å². The van der Waals surface area contributed by atoms with Crippen LogP contribution in [0.5, 0.6) is 11.5 Å². The Labute approximate surface area is 220 Å². The molecule has 0 bridgehead atoms. The highest BCUT2D eigenvalue weighted by atomic mass is 16.6. The molecule has 0 aromatic heterocycles. The van der Waals surface area contributed by atoms with Crippen LogP contribution in [0.1, 0.15) is 65.7 Å². The smallest absolute Gasteiger partial charge is 0.320 e. The van der Waals surface area contributed by atoms with Gasteiger partial charge in [-0.3, -0.25) is 9.59 Å². The van der Waals surface area contributed by atoms with Crippen LogP contribution in [0.2, 0.25) is 0 Å². The Hall–Kier alpha value is -3.42. The average molecular weight is 513 g/mol. The minimum Gasteiger partial charge on any atom is -0.494 e. The second kappa shape index (κ2) is 17.9. The fourth-order valence-corrected chi connectivity index (χ4v) is 3.51. The molecule has 0 atom stereocenters. The molecule has 2 aromatic rings. The normalized spacial score (nSPS) is 11.0. The average Bonchev–Trinajstić information content (AvgIpc) is 2.91. The number of nitrogens with zero attached hydrogens (tertiary/aromatic N) is 2. The van der Waals surface area contributed by atoms with E-state index in [0.717, 1.165) is 48.7 Å². The van der Waals surface area contributed by atoms with Crippen molar-refractivity contribution in [1.29, 1.82) is 0 Å². The van der Waals surface area contributed by atoms with E-state index >= 15 is 0 Å². The van der Waals surface area contributed by atoms with Crippen LogP contribution in [0.3, 0.4) is 0 Å². The van der Waals surface area contributed by atoms with Crippen molar-refractivity contribution < 1.29 is 28.5 Å². The third-order valence-electron chi connectivity index (χ3n) is 5.52. The first-order chi connectivity index (χ1) is 18.1. The highest BCUT2D eigenvalue weighted by Gasteiger charge is 2.28.